The minimum Gasteiger partial charge on any atom is -0.369 e. The van der Waals surface area contributed by atoms with Gasteiger partial charge in [0.25, 0.3) is 0 Å². The summed E-state index contributed by atoms with van der Waals surface area (Å²) >= 11 is 5.84. The summed E-state index contributed by atoms with van der Waals surface area (Å²) in [5, 5.41) is 0.148. The quantitative estimate of drug-likeness (QED) is 0.876. The van der Waals surface area contributed by atoms with Crippen molar-refractivity contribution < 1.29 is 18.0 Å². The van der Waals surface area contributed by atoms with Crippen LogP contribution in [0.1, 0.15) is 24.0 Å². The first kappa shape index (κ1) is 12.2. The Bertz CT molecular complexity index is 480. The maximum absolute atomic E-state index is 12.6. The van der Waals surface area contributed by atoms with Gasteiger partial charge in [0.15, 0.2) is 0 Å². The van der Waals surface area contributed by atoms with Crippen LogP contribution in [0.5, 0.6) is 0 Å². The summed E-state index contributed by atoms with van der Waals surface area (Å²) in [5.41, 5.74) is 3.58. The van der Waals surface area contributed by atoms with E-state index in [4.69, 9.17) is 17.3 Å². The Kier molecular flexibility index (Phi) is 2.61. The van der Waals surface area contributed by atoms with Crippen LogP contribution in [0.3, 0.4) is 0 Å². The van der Waals surface area contributed by atoms with Crippen LogP contribution in [-0.4, -0.2) is 5.91 Å². The van der Waals surface area contributed by atoms with Gasteiger partial charge in [0.05, 0.1) is 11.0 Å². The van der Waals surface area contributed by atoms with Crippen LogP contribution in [0.2, 0.25) is 5.02 Å². The highest BCUT2D eigenvalue weighted by atomic mass is 35.5. The fourth-order valence-corrected chi connectivity index (χ4v) is 2.14. The summed E-state index contributed by atoms with van der Waals surface area (Å²) in [7, 11) is 0. The molecule has 1 amide bonds. The second-order valence-corrected chi connectivity index (χ2v) is 4.55. The minimum atomic E-state index is -4.45. The SMILES string of the molecule is NC(=O)C1(c2cc(C(F)(F)F)ccc2Cl)CC1. The van der Waals surface area contributed by atoms with E-state index in [0.29, 0.717) is 12.8 Å². The monoisotopic (exact) mass is 263 g/mol. The van der Waals surface area contributed by atoms with Crippen LogP contribution in [0.15, 0.2) is 18.2 Å². The molecular weight excluding hydrogens is 255 g/mol. The summed E-state index contributed by atoms with van der Waals surface area (Å²) in [4.78, 5) is 11.3. The van der Waals surface area contributed by atoms with Crippen LogP contribution < -0.4 is 5.73 Å². The molecule has 1 aliphatic rings. The van der Waals surface area contributed by atoms with Crippen LogP contribution in [0.25, 0.3) is 0 Å². The molecule has 2 N–H and O–H groups in total. The Labute approximate surface area is 101 Å². The van der Waals surface area contributed by atoms with Gasteiger partial charge < -0.3 is 5.73 Å². The molecule has 2 rings (SSSR count). The van der Waals surface area contributed by atoms with Crippen LogP contribution in [0, 0.1) is 0 Å². The van der Waals surface area contributed by atoms with Crippen molar-refractivity contribution >= 4 is 17.5 Å². The van der Waals surface area contributed by atoms with Crippen molar-refractivity contribution in [2.75, 3.05) is 0 Å². The lowest BCUT2D eigenvalue weighted by Crippen LogP contribution is -2.29. The zero-order chi connectivity index (χ0) is 12.8. The highest BCUT2D eigenvalue weighted by Gasteiger charge is 2.51. The van der Waals surface area contributed by atoms with Gasteiger partial charge in [-0.05, 0) is 36.6 Å². The van der Waals surface area contributed by atoms with E-state index in [2.05, 4.69) is 0 Å². The number of carbonyl (C=O) groups is 1. The van der Waals surface area contributed by atoms with Gasteiger partial charge in [-0.25, -0.2) is 0 Å². The molecule has 1 aromatic rings. The summed E-state index contributed by atoms with van der Waals surface area (Å²) in [5.74, 6) is -0.626. The number of alkyl halides is 3. The van der Waals surface area contributed by atoms with Crippen LogP contribution in [-0.2, 0) is 16.4 Å². The van der Waals surface area contributed by atoms with Crippen LogP contribution in [0.4, 0.5) is 13.2 Å². The second kappa shape index (κ2) is 3.63. The molecule has 1 fully saturated rings. The van der Waals surface area contributed by atoms with Crippen molar-refractivity contribution in [2.45, 2.75) is 24.4 Å². The van der Waals surface area contributed by atoms with E-state index in [1.54, 1.807) is 0 Å². The number of primary amides is 1. The van der Waals surface area contributed by atoms with E-state index in [1.807, 2.05) is 0 Å². The zero-order valence-corrected chi connectivity index (χ0v) is 9.40. The highest BCUT2D eigenvalue weighted by molar-refractivity contribution is 6.32. The molecule has 0 aromatic heterocycles. The number of halogens is 4. The van der Waals surface area contributed by atoms with Gasteiger partial charge in [0.2, 0.25) is 5.91 Å². The van der Waals surface area contributed by atoms with Crippen molar-refractivity contribution in [3.05, 3.63) is 34.3 Å². The van der Waals surface area contributed by atoms with Crippen molar-refractivity contribution in [2.24, 2.45) is 5.73 Å². The number of benzene rings is 1. The van der Waals surface area contributed by atoms with Gasteiger partial charge in [0.1, 0.15) is 0 Å². The molecule has 0 aliphatic heterocycles. The summed E-state index contributed by atoms with van der Waals surface area (Å²) in [6, 6.07) is 2.96. The van der Waals surface area contributed by atoms with E-state index >= 15 is 0 Å². The van der Waals surface area contributed by atoms with Crippen molar-refractivity contribution in [3.8, 4) is 0 Å². The van der Waals surface area contributed by atoms with Crippen molar-refractivity contribution in [1.29, 1.82) is 0 Å². The first-order chi connectivity index (χ1) is 7.77. The van der Waals surface area contributed by atoms with Gasteiger partial charge in [-0.2, -0.15) is 13.2 Å². The third-order valence-electron chi connectivity index (χ3n) is 3.03. The van der Waals surface area contributed by atoms with Gasteiger partial charge in [-0.1, -0.05) is 11.6 Å². The molecule has 0 unspecified atom stereocenters. The minimum absolute atomic E-state index is 0.148. The first-order valence-electron chi connectivity index (χ1n) is 4.94. The van der Waals surface area contributed by atoms with E-state index in [0.717, 1.165) is 18.2 Å². The third-order valence-corrected chi connectivity index (χ3v) is 3.36. The molecule has 0 bridgehead atoms. The predicted octanol–water partition coefficient (Wildman–Crippen LogP) is 2.88. The van der Waals surface area contributed by atoms with Gasteiger partial charge in [-0.15, -0.1) is 0 Å². The maximum Gasteiger partial charge on any atom is 0.416 e. The Balaban J connectivity index is 2.51. The second-order valence-electron chi connectivity index (χ2n) is 4.14. The largest absolute Gasteiger partial charge is 0.416 e. The Morgan fingerprint density at radius 2 is 1.94 bits per heavy atom. The molecule has 1 saturated carbocycles. The number of rotatable bonds is 2. The molecule has 0 saturated heterocycles. The fourth-order valence-electron chi connectivity index (χ4n) is 1.84. The Hall–Kier alpha value is -1.23. The standard InChI is InChI=1S/C11H9ClF3NO/c12-8-2-1-6(11(13,14)15)5-7(8)10(3-4-10)9(16)17/h1-2,5H,3-4H2,(H2,16,17). The van der Waals surface area contributed by atoms with Crippen molar-refractivity contribution in [1.82, 2.24) is 0 Å². The summed E-state index contributed by atoms with van der Waals surface area (Å²) < 4.78 is 37.7. The van der Waals surface area contributed by atoms with E-state index in [9.17, 15) is 18.0 Å². The third kappa shape index (κ3) is 1.99. The van der Waals surface area contributed by atoms with Gasteiger partial charge in [-0.3, -0.25) is 4.79 Å². The van der Waals surface area contributed by atoms with E-state index in [1.165, 1.54) is 0 Å². The smallest absolute Gasteiger partial charge is 0.369 e. The molecule has 0 atom stereocenters. The molecule has 1 aromatic carbocycles. The zero-order valence-electron chi connectivity index (χ0n) is 8.64. The molecule has 92 valence electrons. The highest BCUT2D eigenvalue weighted by Crippen LogP contribution is 2.51. The number of nitrogens with two attached hydrogens (primary N) is 1. The molecule has 0 radical (unpaired) electrons. The lowest BCUT2D eigenvalue weighted by Gasteiger charge is -2.16. The average molecular weight is 264 g/mol. The van der Waals surface area contributed by atoms with Gasteiger partial charge in [0, 0.05) is 5.02 Å². The first-order valence-corrected chi connectivity index (χ1v) is 5.32. The van der Waals surface area contributed by atoms with Crippen molar-refractivity contribution in [3.63, 3.8) is 0 Å². The number of carbonyl (C=O) groups excluding carboxylic acids is 1. The Morgan fingerprint density at radius 1 is 1.35 bits per heavy atom. The Morgan fingerprint density at radius 3 is 2.35 bits per heavy atom. The molecule has 17 heavy (non-hydrogen) atoms. The number of amides is 1. The lowest BCUT2D eigenvalue weighted by atomic mass is 9.93. The average Bonchev–Trinajstić information content (AvgIpc) is 2.97. The molecule has 1 aliphatic carbocycles. The molecule has 0 spiro atoms. The maximum atomic E-state index is 12.6. The van der Waals surface area contributed by atoms with E-state index in [-0.39, 0.29) is 10.6 Å². The number of hydrogen-bond donors (Lipinski definition) is 1. The fraction of sp³-hybridized carbons (Fsp3) is 0.364. The lowest BCUT2D eigenvalue weighted by molar-refractivity contribution is -0.137. The molecule has 0 heterocycles. The number of hydrogen-bond acceptors (Lipinski definition) is 1. The molecule has 6 heteroatoms. The predicted molar refractivity (Wildman–Crippen MR) is 56.6 cm³/mol. The molecular formula is C11H9ClF3NO. The summed E-state index contributed by atoms with van der Waals surface area (Å²) in [6.45, 7) is 0. The normalized spacial score (nSPS) is 17.9. The topological polar surface area (TPSA) is 43.1 Å². The molecule has 2 nitrogen and oxygen atoms in total. The van der Waals surface area contributed by atoms with Gasteiger partial charge >= 0.3 is 6.18 Å². The van der Waals surface area contributed by atoms with Crippen LogP contribution >= 0.6 is 11.6 Å². The van der Waals surface area contributed by atoms with E-state index < -0.39 is 23.1 Å². The summed E-state index contributed by atoms with van der Waals surface area (Å²) in [6.07, 6.45) is -3.56.